The second-order valence-electron chi connectivity index (χ2n) is 7.70. The van der Waals surface area contributed by atoms with Crippen molar-refractivity contribution in [3.63, 3.8) is 0 Å². The van der Waals surface area contributed by atoms with Crippen LogP contribution in [-0.2, 0) is 5.41 Å². The molecule has 0 radical (unpaired) electrons. The molecule has 0 amide bonds. The quantitative estimate of drug-likeness (QED) is 0.542. The first-order valence-corrected chi connectivity index (χ1v) is 10.2. The highest BCUT2D eigenvalue weighted by Crippen LogP contribution is 2.26. The highest BCUT2D eigenvalue weighted by Gasteiger charge is 2.26. The van der Waals surface area contributed by atoms with E-state index in [9.17, 15) is 4.79 Å². The summed E-state index contributed by atoms with van der Waals surface area (Å²) in [6.07, 6.45) is 3.54. The molecule has 0 aliphatic carbocycles. The number of Topliss-reactive ketones (excluding diaryl/α,β-unsaturated/α-hetero) is 1. The number of hydrogen-bond acceptors (Lipinski definition) is 4. The van der Waals surface area contributed by atoms with Crippen molar-refractivity contribution < 1.29 is 4.79 Å². The number of hydrogen-bond donors (Lipinski definition) is 0. The van der Waals surface area contributed by atoms with Gasteiger partial charge in [-0.05, 0) is 54.5 Å². The zero-order chi connectivity index (χ0) is 19.6. The average Bonchev–Trinajstić information content (AvgIpc) is 3.32. The van der Waals surface area contributed by atoms with Crippen LogP contribution in [0.4, 0.5) is 5.69 Å². The first kappa shape index (κ1) is 19.4. The van der Waals surface area contributed by atoms with Gasteiger partial charge in [0.2, 0.25) is 5.78 Å². The average molecular weight is 382 g/mol. The minimum atomic E-state index is -0.295. The normalized spacial score (nSPS) is 12.8. The second kappa shape index (κ2) is 7.69. The Morgan fingerprint density at radius 2 is 1.93 bits per heavy atom. The molecular weight excluding hydrogens is 354 g/mol. The number of rotatable bonds is 6. The Kier molecular flexibility index (Phi) is 5.51. The van der Waals surface area contributed by atoms with E-state index < -0.39 is 0 Å². The van der Waals surface area contributed by atoms with Gasteiger partial charge in [0.25, 0.3) is 0 Å². The summed E-state index contributed by atoms with van der Waals surface area (Å²) in [7, 11) is 0. The van der Waals surface area contributed by atoms with Crippen LogP contribution >= 0.6 is 11.3 Å². The third-order valence-electron chi connectivity index (χ3n) is 4.86. The Morgan fingerprint density at radius 3 is 2.48 bits per heavy atom. The molecule has 0 fully saturated rings. The molecule has 0 bridgehead atoms. The van der Waals surface area contributed by atoms with E-state index in [1.165, 1.54) is 5.56 Å². The van der Waals surface area contributed by atoms with E-state index in [0.29, 0.717) is 5.82 Å². The minimum absolute atomic E-state index is 0.0233. The second-order valence-corrected chi connectivity index (χ2v) is 8.62. The molecule has 0 spiro atoms. The zero-order valence-corrected chi connectivity index (χ0v) is 17.5. The van der Waals surface area contributed by atoms with Crippen LogP contribution in [-0.4, -0.2) is 27.9 Å². The Hall–Kier alpha value is -2.40. The van der Waals surface area contributed by atoms with Crippen LogP contribution in [0.1, 0.15) is 50.8 Å². The van der Waals surface area contributed by atoms with E-state index in [2.05, 4.69) is 61.8 Å². The molecule has 27 heavy (non-hydrogen) atoms. The van der Waals surface area contributed by atoms with Gasteiger partial charge in [0.15, 0.2) is 5.82 Å². The number of nitrogens with zero attached hydrogens (tertiary/aromatic N) is 3. The van der Waals surface area contributed by atoms with Crippen LogP contribution < -0.4 is 4.90 Å². The highest BCUT2D eigenvalue weighted by molar-refractivity contribution is 7.12. The van der Waals surface area contributed by atoms with Crippen LogP contribution in [0, 0.1) is 0 Å². The van der Waals surface area contributed by atoms with Gasteiger partial charge in [0, 0.05) is 24.6 Å². The van der Waals surface area contributed by atoms with Crippen molar-refractivity contribution in [2.24, 2.45) is 0 Å². The van der Waals surface area contributed by atoms with E-state index >= 15 is 0 Å². The number of likely N-dealkylation sites (N-methyl/N-ethyl adjacent to an activating group) is 1. The number of imidazole rings is 1. The van der Waals surface area contributed by atoms with Gasteiger partial charge in [0.05, 0.1) is 6.04 Å². The maximum absolute atomic E-state index is 13.2. The molecule has 3 aromatic rings. The van der Waals surface area contributed by atoms with Crippen LogP contribution in [0.2, 0.25) is 0 Å². The molecule has 0 aliphatic heterocycles. The van der Waals surface area contributed by atoms with Gasteiger partial charge in [0.1, 0.15) is 5.00 Å². The fourth-order valence-electron chi connectivity index (χ4n) is 3.23. The molecule has 0 saturated heterocycles. The molecule has 142 valence electrons. The molecule has 2 aromatic heterocycles. The van der Waals surface area contributed by atoms with Crippen molar-refractivity contribution in [2.45, 2.75) is 46.1 Å². The summed E-state index contributed by atoms with van der Waals surface area (Å²) in [4.78, 5) is 19.7. The van der Waals surface area contributed by atoms with Crippen molar-refractivity contribution in [3.8, 4) is 5.00 Å². The van der Waals surface area contributed by atoms with Crippen molar-refractivity contribution in [1.82, 2.24) is 9.55 Å². The lowest BCUT2D eigenvalue weighted by atomic mass is 9.87. The minimum Gasteiger partial charge on any atom is -0.362 e. The number of ketones is 1. The standard InChI is InChI=1S/C22H27N3OS/c1-6-24(18-11-9-17(10-12-18)22(3,4)5)16(2)20(26)21-23-13-14-25(21)19-8-7-15-27-19/h7-16H,6H2,1-5H3/t16-/m0/s1. The van der Waals surface area contributed by atoms with Crippen LogP contribution in [0.5, 0.6) is 0 Å². The highest BCUT2D eigenvalue weighted by atomic mass is 32.1. The molecule has 3 rings (SSSR count). The summed E-state index contributed by atoms with van der Waals surface area (Å²) in [5.41, 5.74) is 2.46. The fourth-order valence-corrected chi connectivity index (χ4v) is 3.95. The van der Waals surface area contributed by atoms with Crippen molar-refractivity contribution in [3.05, 3.63) is 65.6 Å². The summed E-state index contributed by atoms with van der Waals surface area (Å²) >= 11 is 1.60. The molecule has 0 N–H and O–H groups in total. The van der Waals surface area contributed by atoms with Crippen molar-refractivity contribution in [2.75, 3.05) is 11.4 Å². The molecule has 0 saturated carbocycles. The predicted molar refractivity (Wildman–Crippen MR) is 113 cm³/mol. The fraction of sp³-hybridized carbons (Fsp3) is 0.364. The summed E-state index contributed by atoms with van der Waals surface area (Å²) in [5.74, 6) is 0.504. The third-order valence-corrected chi connectivity index (χ3v) is 5.72. The number of carbonyl (C=O) groups excluding carboxylic acids is 1. The van der Waals surface area contributed by atoms with E-state index in [0.717, 1.165) is 17.2 Å². The molecule has 2 heterocycles. The molecular formula is C22H27N3OS. The molecule has 0 aliphatic rings. The van der Waals surface area contributed by atoms with Crippen molar-refractivity contribution in [1.29, 1.82) is 0 Å². The Balaban J connectivity index is 1.86. The number of benzene rings is 1. The predicted octanol–water partition coefficient (Wildman–Crippen LogP) is 5.33. The Morgan fingerprint density at radius 1 is 1.22 bits per heavy atom. The van der Waals surface area contributed by atoms with Gasteiger partial charge in [-0.25, -0.2) is 4.98 Å². The lowest BCUT2D eigenvalue weighted by Crippen LogP contribution is -2.40. The van der Waals surface area contributed by atoms with Crippen LogP contribution in [0.25, 0.3) is 5.00 Å². The van der Waals surface area contributed by atoms with Crippen LogP contribution in [0.3, 0.4) is 0 Å². The van der Waals surface area contributed by atoms with Gasteiger partial charge >= 0.3 is 0 Å². The lowest BCUT2D eigenvalue weighted by Gasteiger charge is -2.30. The third kappa shape index (κ3) is 3.98. The lowest BCUT2D eigenvalue weighted by molar-refractivity contribution is 0.0952. The Labute approximate surface area is 165 Å². The number of aromatic nitrogens is 2. The molecule has 5 heteroatoms. The van der Waals surface area contributed by atoms with E-state index in [1.807, 2.05) is 35.2 Å². The van der Waals surface area contributed by atoms with Gasteiger partial charge in [-0.2, -0.15) is 0 Å². The number of anilines is 1. The summed E-state index contributed by atoms with van der Waals surface area (Å²) in [5, 5.41) is 3.00. The van der Waals surface area contributed by atoms with Gasteiger partial charge in [-0.15, -0.1) is 11.3 Å². The SMILES string of the molecule is CCN(c1ccc(C(C)(C)C)cc1)[C@@H](C)C(=O)c1nccn1-c1cccs1. The molecule has 4 nitrogen and oxygen atoms in total. The topological polar surface area (TPSA) is 38.1 Å². The monoisotopic (exact) mass is 381 g/mol. The van der Waals surface area contributed by atoms with E-state index in [1.54, 1.807) is 17.5 Å². The van der Waals surface area contributed by atoms with Gasteiger partial charge in [-0.3, -0.25) is 9.36 Å². The van der Waals surface area contributed by atoms with Crippen molar-refractivity contribution >= 4 is 22.8 Å². The Bertz CT molecular complexity index is 889. The van der Waals surface area contributed by atoms with E-state index in [4.69, 9.17) is 0 Å². The smallest absolute Gasteiger partial charge is 0.220 e. The van der Waals surface area contributed by atoms with Gasteiger partial charge < -0.3 is 4.90 Å². The summed E-state index contributed by atoms with van der Waals surface area (Å²) in [6, 6.07) is 12.2. The zero-order valence-electron chi connectivity index (χ0n) is 16.6. The molecule has 1 aromatic carbocycles. The number of thiophene rings is 1. The maximum Gasteiger partial charge on any atom is 0.220 e. The molecule has 0 unspecified atom stereocenters. The molecule has 1 atom stereocenters. The summed E-state index contributed by atoms with van der Waals surface area (Å²) in [6.45, 7) is 11.4. The first-order chi connectivity index (χ1) is 12.8. The maximum atomic E-state index is 13.2. The van der Waals surface area contributed by atoms with Crippen LogP contribution in [0.15, 0.2) is 54.2 Å². The largest absolute Gasteiger partial charge is 0.362 e. The number of carbonyl (C=O) groups is 1. The summed E-state index contributed by atoms with van der Waals surface area (Å²) < 4.78 is 1.88. The van der Waals surface area contributed by atoms with Gasteiger partial charge in [-0.1, -0.05) is 32.9 Å². The van der Waals surface area contributed by atoms with E-state index in [-0.39, 0.29) is 17.2 Å². The first-order valence-electron chi connectivity index (χ1n) is 9.31.